The fourth-order valence-corrected chi connectivity index (χ4v) is 4.28. The van der Waals surface area contributed by atoms with Crippen LogP contribution < -0.4 is 0 Å². The van der Waals surface area contributed by atoms with Crippen molar-refractivity contribution < 1.29 is 14.7 Å². The van der Waals surface area contributed by atoms with Gasteiger partial charge in [-0.15, -0.1) is 0 Å². The molecule has 0 aromatic heterocycles. The molecule has 0 spiro atoms. The predicted octanol–water partition coefficient (Wildman–Crippen LogP) is 2.58. The summed E-state index contributed by atoms with van der Waals surface area (Å²) in [4.78, 5) is 28.2. The van der Waals surface area contributed by atoms with Crippen molar-refractivity contribution in [1.29, 1.82) is 0 Å². The van der Waals surface area contributed by atoms with Gasteiger partial charge in [0.1, 0.15) is 0 Å². The van der Waals surface area contributed by atoms with Crippen LogP contribution in [0.2, 0.25) is 0 Å². The number of aliphatic carboxylic acids is 1. The maximum absolute atomic E-state index is 12.7. The quantitative estimate of drug-likeness (QED) is 0.892. The van der Waals surface area contributed by atoms with Gasteiger partial charge in [0.25, 0.3) is 0 Å². The van der Waals surface area contributed by atoms with Gasteiger partial charge in [0, 0.05) is 32.1 Å². The number of carbonyl (C=O) groups is 2. The van der Waals surface area contributed by atoms with E-state index in [1.165, 1.54) is 19.3 Å². The summed E-state index contributed by atoms with van der Waals surface area (Å²) in [6.45, 7) is 1.39. The third-order valence-corrected chi connectivity index (χ3v) is 5.82. The highest BCUT2D eigenvalue weighted by atomic mass is 16.4. The lowest BCUT2D eigenvalue weighted by atomic mass is 9.89. The topological polar surface area (TPSA) is 60.9 Å². The SMILES string of the molecule is CN(C(=O)CN1C[C@@H](C(=O)O)[C@H](c2ccccc2)C1)C1CCCCC1. The molecule has 1 saturated heterocycles. The normalized spacial score (nSPS) is 25.0. The van der Waals surface area contributed by atoms with Gasteiger partial charge in [-0.25, -0.2) is 0 Å². The van der Waals surface area contributed by atoms with Gasteiger partial charge < -0.3 is 10.0 Å². The van der Waals surface area contributed by atoms with E-state index in [-0.39, 0.29) is 11.8 Å². The molecular weight excluding hydrogens is 316 g/mol. The molecule has 1 aliphatic carbocycles. The molecule has 5 nitrogen and oxygen atoms in total. The maximum atomic E-state index is 12.7. The van der Waals surface area contributed by atoms with Gasteiger partial charge in [-0.2, -0.15) is 0 Å². The Balaban J connectivity index is 1.63. The van der Waals surface area contributed by atoms with Crippen LogP contribution in [0, 0.1) is 5.92 Å². The number of hydrogen-bond donors (Lipinski definition) is 1. The average molecular weight is 344 g/mol. The predicted molar refractivity (Wildman–Crippen MR) is 96.4 cm³/mol. The lowest BCUT2D eigenvalue weighted by Gasteiger charge is -2.32. The first kappa shape index (κ1) is 17.9. The second-order valence-electron chi connectivity index (χ2n) is 7.45. The number of nitrogens with zero attached hydrogens (tertiary/aromatic N) is 2. The zero-order valence-electron chi connectivity index (χ0n) is 14.9. The Morgan fingerprint density at radius 2 is 1.80 bits per heavy atom. The van der Waals surface area contributed by atoms with E-state index in [1.807, 2.05) is 47.2 Å². The van der Waals surface area contributed by atoms with Crippen LogP contribution in [-0.4, -0.2) is 59.5 Å². The summed E-state index contributed by atoms with van der Waals surface area (Å²) >= 11 is 0. The summed E-state index contributed by atoms with van der Waals surface area (Å²) in [5.74, 6) is -1.16. The first-order valence-corrected chi connectivity index (χ1v) is 9.32. The van der Waals surface area contributed by atoms with Crippen molar-refractivity contribution in [2.75, 3.05) is 26.7 Å². The van der Waals surface area contributed by atoms with E-state index < -0.39 is 11.9 Å². The van der Waals surface area contributed by atoms with E-state index in [9.17, 15) is 14.7 Å². The molecule has 1 aromatic carbocycles. The molecule has 0 radical (unpaired) electrons. The Kier molecular flexibility index (Phi) is 5.74. The van der Waals surface area contributed by atoms with Crippen LogP contribution in [0.15, 0.2) is 30.3 Å². The van der Waals surface area contributed by atoms with Crippen LogP contribution in [0.5, 0.6) is 0 Å². The van der Waals surface area contributed by atoms with E-state index in [1.54, 1.807) is 0 Å². The molecule has 5 heteroatoms. The third-order valence-electron chi connectivity index (χ3n) is 5.82. The van der Waals surface area contributed by atoms with Crippen LogP contribution in [0.3, 0.4) is 0 Å². The summed E-state index contributed by atoms with van der Waals surface area (Å²) in [5.41, 5.74) is 1.05. The second kappa shape index (κ2) is 8.00. The molecule has 1 amide bonds. The van der Waals surface area contributed by atoms with Crippen molar-refractivity contribution in [3.63, 3.8) is 0 Å². The van der Waals surface area contributed by atoms with Crippen molar-refractivity contribution in [3.05, 3.63) is 35.9 Å². The Labute approximate surface area is 149 Å². The van der Waals surface area contributed by atoms with E-state index in [0.29, 0.717) is 25.7 Å². The van der Waals surface area contributed by atoms with Crippen LogP contribution in [0.4, 0.5) is 0 Å². The van der Waals surface area contributed by atoms with Crippen molar-refractivity contribution in [2.24, 2.45) is 5.92 Å². The van der Waals surface area contributed by atoms with Crippen molar-refractivity contribution >= 4 is 11.9 Å². The molecule has 1 aromatic rings. The molecule has 0 unspecified atom stereocenters. The van der Waals surface area contributed by atoms with Crippen LogP contribution >= 0.6 is 0 Å². The van der Waals surface area contributed by atoms with Crippen LogP contribution in [0.25, 0.3) is 0 Å². The molecule has 25 heavy (non-hydrogen) atoms. The number of hydrogen-bond acceptors (Lipinski definition) is 3. The standard InChI is InChI=1S/C20H28N2O3/c1-21(16-10-6-3-7-11-16)19(23)14-22-12-17(18(13-22)20(24)25)15-8-4-2-5-9-15/h2,4-5,8-9,16-18H,3,6-7,10-14H2,1H3,(H,24,25)/t17-,18+/m0/s1. The number of likely N-dealkylation sites (N-methyl/N-ethyl adjacent to an activating group) is 1. The van der Waals surface area contributed by atoms with Gasteiger partial charge in [-0.05, 0) is 18.4 Å². The molecule has 1 saturated carbocycles. The van der Waals surface area contributed by atoms with Crippen LogP contribution in [0.1, 0.15) is 43.6 Å². The highest BCUT2D eigenvalue weighted by Crippen LogP contribution is 2.33. The fraction of sp³-hybridized carbons (Fsp3) is 0.600. The van der Waals surface area contributed by atoms with Crippen LogP contribution in [-0.2, 0) is 9.59 Å². The molecule has 2 atom stereocenters. The summed E-state index contributed by atoms with van der Waals surface area (Å²) in [5, 5.41) is 9.59. The Morgan fingerprint density at radius 1 is 1.12 bits per heavy atom. The number of carboxylic acid groups (broad SMARTS) is 1. The highest BCUT2D eigenvalue weighted by molar-refractivity contribution is 5.79. The van der Waals surface area contributed by atoms with Gasteiger partial charge >= 0.3 is 5.97 Å². The summed E-state index contributed by atoms with van der Waals surface area (Å²) < 4.78 is 0. The number of likely N-dealkylation sites (tertiary alicyclic amines) is 1. The molecule has 1 N–H and O–H groups in total. The largest absolute Gasteiger partial charge is 0.481 e. The molecule has 0 bridgehead atoms. The first-order valence-electron chi connectivity index (χ1n) is 9.32. The van der Waals surface area contributed by atoms with Gasteiger partial charge in [0.05, 0.1) is 12.5 Å². The minimum Gasteiger partial charge on any atom is -0.481 e. The van der Waals surface area contributed by atoms with E-state index in [2.05, 4.69) is 0 Å². The Bertz CT molecular complexity index is 598. The molecule has 2 fully saturated rings. The van der Waals surface area contributed by atoms with E-state index >= 15 is 0 Å². The number of amides is 1. The van der Waals surface area contributed by atoms with E-state index in [4.69, 9.17) is 0 Å². The molecular formula is C20H28N2O3. The minimum absolute atomic E-state index is 0.0495. The summed E-state index contributed by atoms with van der Waals surface area (Å²) in [6.07, 6.45) is 5.84. The van der Waals surface area contributed by atoms with Gasteiger partial charge in [-0.3, -0.25) is 14.5 Å². The molecule has 3 rings (SSSR count). The Hall–Kier alpha value is -1.88. The number of carbonyl (C=O) groups excluding carboxylic acids is 1. The van der Waals surface area contributed by atoms with E-state index in [0.717, 1.165) is 18.4 Å². The lowest BCUT2D eigenvalue weighted by molar-refractivity contribution is -0.142. The summed E-state index contributed by atoms with van der Waals surface area (Å²) in [6, 6.07) is 10.1. The molecule has 2 aliphatic rings. The first-order chi connectivity index (χ1) is 12.1. The summed E-state index contributed by atoms with van der Waals surface area (Å²) in [7, 11) is 1.90. The Morgan fingerprint density at radius 3 is 2.44 bits per heavy atom. The lowest BCUT2D eigenvalue weighted by Crippen LogP contribution is -2.43. The van der Waals surface area contributed by atoms with Crippen molar-refractivity contribution in [3.8, 4) is 0 Å². The highest BCUT2D eigenvalue weighted by Gasteiger charge is 2.39. The zero-order valence-corrected chi connectivity index (χ0v) is 14.9. The molecule has 136 valence electrons. The third kappa shape index (κ3) is 4.21. The van der Waals surface area contributed by atoms with Crippen molar-refractivity contribution in [1.82, 2.24) is 9.80 Å². The van der Waals surface area contributed by atoms with Crippen molar-refractivity contribution in [2.45, 2.75) is 44.1 Å². The van der Waals surface area contributed by atoms with Gasteiger partial charge in [0.2, 0.25) is 5.91 Å². The number of carboxylic acids is 1. The minimum atomic E-state index is -0.774. The van der Waals surface area contributed by atoms with Gasteiger partial charge in [-0.1, -0.05) is 49.6 Å². The fourth-order valence-electron chi connectivity index (χ4n) is 4.28. The second-order valence-corrected chi connectivity index (χ2v) is 7.45. The smallest absolute Gasteiger partial charge is 0.308 e. The zero-order chi connectivity index (χ0) is 17.8. The van der Waals surface area contributed by atoms with Gasteiger partial charge in [0.15, 0.2) is 0 Å². The molecule has 1 aliphatic heterocycles. The molecule has 1 heterocycles. The number of rotatable bonds is 5. The average Bonchev–Trinajstić information content (AvgIpc) is 3.06. The maximum Gasteiger partial charge on any atom is 0.308 e. The monoisotopic (exact) mass is 344 g/mol. The number of benzene rings is 1.